The summed E-state index contributed by atoms with van der Waals surface area (Å²) in [6, 6.07) is 18.4. The van der Waals surface area contributed by atoms with Gasteiger partial charge in [0, 0.05) is 6.42 Å². The average molecular weight is 337 g/mol. The largest absolute Gasteiger partial charge is 0.496 e. The molecule has 1 amide bonds. The van der Waals surface area contributed by atoms with E-state index in [0.29, 0.717) is 18.3 Å². The van der Waals surface area contributed by atoms with Gasteiger partial charge in [-0.2, -0.15) is 0 Å². The predicted molar refractivity (Wildman–Crippen MR) is 101 cm³/mol. The van der Waals surface area contributed by atoms with Crippen LogP contribution in [-0.4, -0.2) is 13.0 Å². The lowest BCUT2D eigenvalue weighted by Gasteiger charge is -2.21. The van der Waals surface area contributed by atoms with Crippen LogP contribution in [0.5, 0.6) is 5.75 Å². The number of hydrogen-bond donors (Lipinski definition) is 1. The van der Waals surface area contributed by atoms with Crippen LogP contribution in [0.4, 0.5) is 0 Å². The van der Waals surface area contributed by atoms with Crippen molar-refractivity contribution in [2.75, 3.05) is 7.11 Å². The van der Waals surface area contributed by atoms with Crippen molar-refractivity contribution < 1.29 is 9.53 Å². The van der Waals surface area contributed by atoms with Crippen molar-refractivity contribution in [3.8, 4) is 5.75 Å². The van der Waals surface area contributed by atoms with Crippen molar-refractivity contribution in [1.29, 1.82) is 0 Å². The van der Waals surface area contributed by atoms with E-state index in [1.807, 2.05) is 42.5 Å². The number of carbonyl (C=O) groups is 1. The van der Waals surface area contributed by atoms with Crippen LogP contribution in [0.15, 0.2) is 54.6 Å². The van der Waals surface area contributed by atoms with Crippen molar-refractivity contribution >= 4 is 5.91 Å². The molecule has 0 spiro atoms. The van der Waals surface area contributed by atoms with Gasteiger partial charge in [0.2, 0.25) is 5.91 Å². The molecule has 3 nitrogen and oxygen atoms in total. The van der Waals surface area contributed by atoms with Crippen molar-refractivity contribution in [2.45, 2.75) is 38.6 Å². The van der Waals surface area contributed by atoms with Gasteiger partial charge in [0.25, 0.3) is 0 Å². The van der Waals surface area contributed by atoms with Crippen LogP contribution in [0.2, 0.25) is 0 Å². The lowest BCUT2D eigenvalue weighted by atomic mass is 9.95. The highest BCUT2D eigenvalue weighted by Gasteiger charge is 2.40. The molecule has 1 aliphatic rings. The molecule has 0 aliphatic heterocycles. The van der Waals surface area contributed by atoms with Gasteiger partial charge in [-0.3, -0.25) is 4.79 Å². The standard InChI is InChI=1S/C22H27NO2/c1-15-13-19(15)22(17-9-5-4-6-10-17)23-21(24)14-16(2)18-11-7-8-12-20(18)25-3/h4-12,15-16,19,22H,13-14H2,1-3H3,(H,23,24). The molecule has 1 saturated carbocycles. The summed E-state index contributed by atoms with van der Waals surface area (Å²) in [5.41, 5.74) is 2.28. The molecule has 0 aromatic heterocycles. The van der Waals surface area contributed by atoms with E-state index in [-0.39, 0.29) is 17.9 Å². The van der Waals surface area contributed by atoms with Gasteiger partial charge in [-0.1, -0.05) is 62.4 Å². The first-order valence-electron chi connectivity index (χ1n) is 9.07. The molecule has 3 rings (SSSR count). The fraction of sp³-hybridized carbons (Fsp3) is 0.409. The van der Waals surface area contributed by atoms with Gasteiger partial charge in [-0.05, 0) is 41.4 Å². The van der Waals surface area contributed by atoms with Crippen molar-refractivity contribution in [3.63, 3.8) is 0 Å². The van der Waals surface area contributed by atoms with Gasteiger partial charge < -0.3 is 10.1 Å². The maximum absolute atomic E-state index is 12.7. The van der Waals surface area contributed by atoms with Crippen molar-refractivity contribution in [2.24, 2.45) is 11.8 Å². The second-order valence-corrected chi connectivity index (χ2v) is 7.18. The molecular weight excluding hydrogens is 310 g/mol. The first-order valence-corrected chi connectivity index (χ1v) is 9.07. The van der Waals surface area contributed by atoms with E-state index < -0.39 is 0 Å². The van der Waals surface area contributed by atoms with Crippen LogP contribution in [0, 0.1) is 11.8 Å². The van der Waals surface area contributed by atoms with Crippen molar-refractivity contribution in [3.05, 3.63) is 65.7 Å². The zero-order valence-corrected chi connectivity index (χ0v) is 15.2. The third kappa shape index (κ3) is 4.22. The highest BCUT2D eigenvalue weighted by molar-refractivity contribution is 5.77. The molecule has 0 radical (unpaired) electrons. The minimum atomic E-state index is 0.103. The minimum Gasteiger partial charge on any atom is -0.496 e. The maximum Gasteiger partial charge on any atom is 0.221 e. The van der Waals surface area contributed by atoms with Crippen LogP contribution >= 0.6 is 0 Å². The lowest BCUT2D eigenvalue weighted by Crippen LogP contribution is -2.31. The number of methoxy groups -OCH3 is 1. The monoisotopic (exact) mass is 337 g/mol. The molecule has 0 bridgehead atoms. The summed E-state index contributed by atoms with van der Waals surface area (Å²) in [5, 5.41) is 3.28. The number of amides is 1. The zero-order chi connectivity index (χ0) is 17.8. The van der Waals surface area contributed by atoms with E-state index >= 15 is 0 Å². The molecule has 2 aromatic rings. The zero-order valence-electron chi connectivity index (χ0n) is 15.2. The van der Waals surface area contributed by atoms with Gasteiger partial charge in [0.05, 0.1) is 13.2 Å². The Morgan fingerprint density at radius 3 is 2.44 bits per heavy atom. The Balaban J connectivity index is 1.68. The van der Waals surface area contributed by atoms with Gasteiger partial charge >= 0.3 is 0 Å². The van der Waals surface area contributed by atoms with Gasteiger partial charge in [0.1, 0.15) is 5.75 Å². The SMILES string of the molecule is COc1ccccc1C(C)CC(=O)NC(c1ccccc1)C1CC1C. The maximum atomic E-state index is 12.7. The van der Waals surface area contributed by atoms with E-state index in [1.165, 1.54) is 12.0 Å². The fourth-order valence-corrected chi connectivity index (χ4v) is 3.61. The Morgan fingerprint density at radius 1 is 1.16 bits per heavy atom. The second-order valence-electron chi connectivity index (χ2n) is 7.18. The highest BCUT2D eigenvalue weighted by Crippen LogP contribution is 2.47. The Morgan fingerprint density at radius 2 is 1.80 bits per heavy atom. The van der Waals surface area contributed by atoms with E-state index in [4.69, 9.17) is 4.74 Å². The molecule has 4 atom stereocenters. The quantitative estimate of drug-likeness (QED) is 0.795. The molecule has 2 aromatic carbocycles. The van der Waals surface area contributed by atoms with Gasteiger partial charge in [-0.25, -0.2) is 0 Å². The van der Waals surface area contributed by atoms with E-state index in [1.54, 1.807) is 7.11 Å². The molecule has 1 N–H and O–H groups in total. The molecular formula is C22H27NO2. The number of nitrogens with one attached hydrogen (secondary N) is 1. The molecule has 0 saturated heterocycles. The Hall–Kier alpha value is -2.29. The molecule has 4 unspecified atom stereocenters. The fourth-order valence-electron chi connectivity index (χ4n) is 3.61. The molecule has 1 fully saturated rings. The molecule has 1 aliphatic carbocycles. The third-order valence-electron chi connectivity index (χ3n) is 5.24. The number of carbonyl (C=O) groups excluding carboxylic acids is 1. The van der Waals surface area contributed by atoms with Crippen LogP contribution in [0.3, 0.4) is 0 Å². The molecule has 0 heterocycles. The molecule has 25 heavy (non-hydrogen) atoms. The Labute approximate surface area is 150 Å². The highest BCUT2D eigenvalue weighted by atomic mass is 16.5. The van der Waals surface area contributed by atoms with E-state index in [9.17, 15) is 4.79 Å². The predicted octanol–water partition coefficient (Wildman–Crippen LogP) is 4.70. The molecule has 3 heteroatoms. The Bertz CT molecular complexity index is 713. The topological polar surface area (TPSA) is 38.3 Å². The van der Waals surface area contributed by atoms with Crippen LogP contribution in [0.25, 0.3) is 0 Å². The van der Waals surface area contributed by atoms with Crippen LogP contribution < -0.4 is 10.1 Å². The second kappa shape index (κ2) is 7.73. The lowest BCUT2D eigenvalue weighted by molar-refractivity contribution is -0.122. The first-order chi connectivity index (χ1) is 12.1. The first kappa shape index (κ1) is 17.5. The third-order valence-corrected chi connectivity index (χ3v) is 5.24. The number of benzene rings is 2. The van der Waals surface area contributed by atoms with Crippen LogP contribution in [-0.2, 0) is 4.79 Å². The Kier molecular flexibility index (Phi) is 5.42. The number of para-hydroxylation sites is 1. The summed E-state index contributed by atoms with van der Waals surface area (Å²) in [6.45, 7) is 4.33. The average Bonchev–Trinajstić information content (AvgIpc) is 3.36. The van der Waals surface area contributed by atoms with E-state index in [0.717, 1.165) is 11.3 Å². The summed E-state index contributed by atoms with van der Waals surface area (Å²) in [4.78, 5) is 12.7. The van der Waals surface area contributed by atoms with Crippen LogP contribution in [0.1, 0.15) is 49.8 Å². The summed E-state index contributed by atoms with van der Waals surface area (Å²) < 4.78 is 5.43. The number of ether oxygens (including phenoxy) is 1. The number of rotatable bonds is 7. The normalized spacial score (nSPS) is 21.2. The summed E-state index contributed by atoms with van der Waals surface area (Å²) in [6.07, 6.45) is 1.65. The summed E-state index contributed by atoms with van der Waals surface area (Å²) in [5.74, 6) is 2.29. The van der Waals surface area contributed by atoms with Crippen molar-refractivity contribution in [1.82, 2.24) is 5.32 Å². The number of hydrogen-bond acceptors (Lipinski definition) is 2. The van der Waals surface area contributed by atoms with E-state index in [2.05, 4.69) is 31.3 Å². The van der Waals surface area contributed by atoms with Gasteiger partial charge in [0.15, 0.2) is 0 Å². The summed E-state index contributed by atoms with van der Waals surface area (Å²) in [7, 11) is 1.67. The van der Waals surface area contributed by atoms with Gasteiger partial charge in [-0.15, -0.1) is 0 Å². The summed E-state index contributed by atoms with van der Waals surface area (Å²) >= 11 is 0. The smallest absolute Gasteiger partial charge is 0.221 e. The minimum absolute atomic E-state index is 0.103. The molecule has 132 valence electrons.